The monoisotopic (exact) mass is 199 g/mol. The average Bonchev–Trinajstić information content (AvgIpc) is 2.10. The normalized spacial score (nSPS) is 12.6. The van der Waals surface area contributed by atoms with Crippen molar-refractivity contribution < 1.29 is 9.90 Å². The summed E-state index contributed by atoms with van der Waals surface area (Å²) in [6.07, 6.45) is 0.426. The van der Waals surface area contributed by atoms with Gasteiger partial charge < -0.3 is 5.11 Å². The predicted octanol–water partition coefficient (Wildman–Crippen LogP) is 1.69. The average molecular weight is 199 g/mol. The second-order valence-corrected chi connectivity index (χ2v) is 4.05. The number of carbonyl (C=O) groups is 1. The molecule has 0 saturated heterocycles. The van der Waals surface area contributed by atoms with E-state index in [1.165, 1.54) is 0 Å². The molecule has 0 aromatic carbocycles. The number of nitrogens with zero attached hydrogens (tertiary/aromatic N) is 1. The lowest BCUT2D eigenvalue weighted by Gasteiger charge is -2.11. The maximum Gasteiger partial charge on any atom is 0.141 e. The molecule has 0 atom stereocenters. The van der Waals surface area contributed by atoms with Crippen LogP contribution in [0, 0.1) is 11.8 Å². The van der Waals surface area contributed by atoms with E-state index in [1.54, 1.807) is 0 Å². The second-order valence-electron chi connectivity index (χ2n) is 4.05. The zero-order valence-corrected chi connectivity index (χ0v) is 9.58. The maximum absolute atomic E-state index is 11.5. The molecule has 0 aliphatic rings. The summed E-state index contributed by atoms with van der Waals surface area (Å²) >= 11 is 0. The number of ketones is 1. The van der Waals surface area contributed by atoms with E-state index in [0.29, 0.717) is 13.0 Å². The summed E-state index contributed by atoms with van der Waals surface area (Å²) in [5.74, 6) is 0.563. The van der Waals surface area contributed by atoms with Gasteiger partial charge in [-0.3, -0.25) is 9.79 Å². The van der Waals surface area contributed by atoms with Gasteiger partial charge in [0.2, 0.25) is 0 Å². The van der Waals surface area contributed by atoms with Crippen LogP contribution in [0.2, 0.25) is 0 Å². The largest absolute Gasteiger partial charge is 0.394 e. The van der Waals surface area contributed by atoms with Crippen molar-refractivity contribution in [3.8, 4) is 0 Å². The summed E-state index contributed by atoms with van der Waals surface area (Å²) in [5.41, 5.74) is 0.901. The highest BCUT2D eigenvalue weighted by molar-refractivity contribution is 6.03. The quantitative estimate of drug-likeness (QED) is 0.662. The molecular formula is C11H21NO2. The second kappa shape index (κ2) is 6.71. The Kier molecular flexibility index (Phi) is 6.37. The number of aliphatic hydroxyl groups is 1. The molecule has 0 rings (SSSR count). The lowest BCUT2D eigenvalue weighted by molar-refractivity contribution is -0.120. The third-order valence-electron chi connectivity index (χ3n) is 2.08. The molecule has 0 aromatic rings. The summed E-state index contributed by atoms with van der Waals surface area (Å²) in [7, 11) is 0. The molecule has 3 heteroatoms. The van der Waals surface area contributed by atoms with Crippen molar-refractivity contribution in [1.82, 2.24) is 0 Å². The van der Waals surface area contributed by atoms with Crippen molar-refractivity contribution in [3.63, 3.8) is 0 Å². The van der Waals surface area contributed by atoms with Gasteiger partial charge >= 0.3 is 0 Å². The Morgan fingerprint density at radius 3 is 2.14 bits per heavy atom. The van der Waals surface area contributed by atoms with Gasteiger partial charge in [0.25, 0.3) is 0 Å². The maximum atomic E-state index is 11.5. The van der Waals surface area contributed by atoms with Gasteiger partial charge in [-0.05, 0) is 5.92 Å². The first-order chi connectivity index (χ1) is 6.49. The SMILES string of the molecule is CC(C)C(=O)CC(=NCCO)C(C)C. The highest BCUT2D eigenvalue weighted by Gasteiger charge is 2.13. The van der Waals surface area contributed by atoms with Gasteiger partial charge in [0.1, 0.15) is 5.78 Å². The molecule has 82 valence electrons. The van der Waals surface area contributed by atoms with Crippen LogP contribution in [-0.2, 0) is 4.79 Å². The molecule has 0 saturated carbocycles. The third-order valence-corrected chi connectivity index (χ3v) is 2.08. The Bertz CT molecular complexity index is 207. The van der Waals surface area contributed by atoms with Crippen molar-refractivity contribution in [2.24, 2.45) is 16.8 Å². The zero-order valence-electron chi connectivity index (χ0n) is 9.58. The molecule has 14 heavy (non-hydrogen) atoms. The highest BCUT2D eigenvalue weighted by atomic mass is 16.3. The van der Waals surface area contributed by atoms with Crippen molar-refractivity contribution in [1.29, 1.82) is 0 Å². The fourth-order valence-corrected chi connectivity index (χ4v) is 1.02. The van der Waals surface area contributed by atoms with Crippen LogP contribution in [0.4, 0.5) is 0 Å². The Morgan fingerprint density at radius 2 is 1.79 bits per heavy atom. The van der Waals surface area contributed by atoms with Gasteiger partial charge in [0.15, 0.2) is 0 Å². The lowest BCUT2D eigenvalue weighted by atomic mass is 9.97. The van der Waals surface area contributed by atoms with E-state index in [2.05, 4.69) is 4.99 Å². The van der Waals surface area contributed by atoms with Crippen LogP contribution in [0.5, 0.6) is 0 Å². The molecule has 0 radical (unpaired) electrons. The smallest absolute Gasteiger partial charge is 0.141 e. The molecule has 0 amide bonds. The number of aliphatic imine (C=N–C) groups is 1. The van der Waals surface area contributed by atoms with Crippen LogP contribution < -0.4 is 0 Å². The third kappa shape index (κ3) is 5.12. The Balaban J connectivity index is 4.31. The molecular weight excluding hydrogens is 178 g/mol. The van der Waals surface area contributed by atoms with Gasteiger partial charge in [-0.2, -0.15) is 0 Å². The van der Waals surface area contributed by atoms with Gasteiger partial charge in [0.05, 0.1) is 13.2 Å². The van der Waals surface area contributed by atoms with Gasteiger partial charge in [0, 0.05) is 18.1 Å². The number of carbonyl (C=O) groups excluding carboxylic acids is 1. The Labute approximate surface area is 86.2 Å². The molecule has 3 nitrogen and oxygen atoms in total. The predicted molar refractivity (Wildman–Crippen MR) is 58.7 cm³/mol. The van der Waals surface area contributed by atoms with Crippen molar-refractivity contribution in [2.75, 3.05) is 13.2 Å². The Morgan fingerprint density at radius 1 is 1.21 bits per heavy atom. The van der Waals surface area contributed by atoms with Gasteiger partial charge in [-0.15, -0.1) is 0 Å². The minimum absolute atomic E-state index is 0.0477. The molecule has 0 spiro atoms. The summed E-state index contributed by atoms with van der Waals surface area (Å²) in [6, 6.07) is 0. The van der Waals surface area contributed by atoms with E-state index < -0.39 is 0 Å². The molecule has 0 aliphatic heterocycles. The number of Topliss-reactive ketones (excluding diaryl/α,β-unsaturated/α-hetero) is 1. The number of rotatable bonds is 6. The van der Waals surface area contributed by atoms with Crippen molar-refractivity contribution >= 4 is 11.5 Å². The topological polar surface area (TPSA) is 49.7 Å². The van der Waals surface area contributed by atoms with E-state index in [1.807, 2.05) is 27.7 Å². The molecule has 0 heterocycles. The van der Waals surface area contributed by atoms with Crippen LogP contribution in [-0.4, -0.2) is 29.8 Å². The highest BCUT2D eigenvalue weighted by Crippen LogP contribution is 2.07. The van der Waals surface area contributed by atoms with Crippen LogP contribution in [0.1, 0.15) is 34.1 Å². The first kappa shape index (κ1) is 13.3. The van der Waals surface area contributed by atoms with Crippen LogP contribution in [0.3, 0.4) is 0 Å². The summed E-state index contributed by atoms with van der Waals surface area (Å²) < 4.78 is 0. The molecule has 0 aromatic heterocycles. The van der Waals surface area contributed by atoms with Crippen LogP contribution in [0.15, 0.2) is 4.99 Å². The first-order valence-electron chi connectivity index (χ1n) is 5.15. The lowest BCUT2D eigenvalue weighted by Crippen LogP contribution is -2.18. The number of aliphatic hydroxyl groups excluding tert-OH is 1. The van der Waals surface area contributed by atoms with Crippen molar-refractivity contribution in [2.45, 2.75) is 34.1 Å². The standard InChI is InChI=1S/C11H21NO2/c1-8(2)10(12-5-6-13)7-11(14)9(3)4/h8-9,13H,5-7H2,1-4H3. The summed E-state index contributed by atoms with van der Waals surface area (Å²) in [4.78, 5) is 15.7. The number of hydrogen-bond acceptors (Lipinski definition) is 3. The van der Waals surface area contributed by atoms with Gasteiger partial charge in [-0.25, -0.2) is 0 Å². The zero-order chi connectivity index (χ0) is 11.1. The summed E-state index contributed by atoms with van der Waals surface area (Å²) in [6.45, 7) is 8.28. The molecule has 1 N–H and O–H groups in total. The van der Waals surface area contributed by atoms with E-state index in [-0.39, 0.29) is 24.2 Å². The number of hydrogen-bond donors (Lipinski definition) is 1. The van der Waals surface area contributed by atoms with E-state index >= 15 is 0 Å². The Hall–Kier alpha value is -0.700. The first-order valence-corrected chi connectivity index (χ1v) is 5.15. The van der Waals surface area contributed by atoms with Gasteiger partial charge in [-0.1, -0.05) is 27.7 Å². The molecule has 0 aliphatic carbocycles. The molecule has 0 unspecified atom stereocenters. The van der Waals surface area contributed by atoms with Crippen molar-refractivity contribution in [3.05, 3.63) is 0 Å². The fourth-order valence-electron chi connectivity index (χ4n) is 1.02. The van der Waals surface area contributed by atoms with E-state index in [9.17, 15) is 4.79 Å². The molecule has 0 fully saturated rings. The van der Waals surface area contributed by atoms with E-state index in [0.717, 1.165) is 5.71 Å². The minimum atomic E-state index is 0.0477. The minimum Gasteiger partial charge on any atom is -0.394 e. The van der Waals surface area contributed by atoms with E-state index in [4.69, 9.17) is 5.11 Å². The fraction of sp³-hybridized carbons (Fsp3) is 0.818. The molecule has 0 bridgehead atoms. The van der Waals surface area contributed by atoms with Crippen LogP contribution >= 0.6 is 0 Å². The van der Waals surface area contributed by atoms with Crippen LogP contribution in [0.25, 0.3) is 0 Å². The summed E-state index contributed by atoms with van der Waals surface area (Å²) in [5, 5.41) is 8.65.